The number of carbonyl (C=O) groups is 3. The van der Waals surface area contributed by atoms with Crippen molar-refractivity contribution in [2.45, 2.75) is 32.0 Å². The number of imide groups is 1. The number of unbranched alkanes of at least 4 members (excludes halogenated alkanes) is 1. The highest BCUT2D eigenvalue weighted by molar-refractivity contribution is 7.52. The van der Waals surface area contributed by atoms with Crippen LogP contribution in [-0.2, 0) is 9.36 Å². The van der Waals surface area contributed by atoms with Gasteiger partial charge in [0.1, 0.15) is 5.78 Å². The van der Waals surface area contributed by atoms with Crippen molar-refractivity contribution in [3.8, 4) is 0 Å². The number of carbonyl (C=O) groups excluding carboxylic acids is 3. The van der Waals surface area contributed by atoms with Gasteiger partial charge in [-0.1, -0.05) is 12.1 Å². The third kappa shape index (κ3) is 4.08. The second kappa shape index (κ2) is 7.25. The minimum atomic E-state index is -4.35. The molecule has 1 aromatic carbocycles. The molecular formula is C15H19N2O6P. The van der Waals surface area contributed by atoms with E-state index in [1.54, 1.807) is 24.3 Å². The fourth-order valence-electron chi connectivity index (χ4n) is 2.39. The molecular weight excluding hydrogens is 335 g/mol. The number of hydrogen-bond donors (Lipinski definition) is 3. The Morgan fingerprint density at radius 1 is 1.17 bits per heavy atom. The first-order valence-corrected chi connectivity index (χ1v) is 9.20. The van der Waals surface area contributed by atoms with E-state index in [0.717, 1.165) is 4.90 Å². The molecule has 3 N–H and O–H groups in total. The van der Waals surface area contributed by atoms with Gasteiger partial charge in [-0.05, 0) is 31.9 Å². The molecule has 1 aromatic rings. The fourth-order valence-corrected chi connectivity index (χ4v) is 2.70. The molecule has 1 unspecified atom stereocenters. The molecule has 0 spiro atoms. The van der Waals surface area contributed by atoms with Crippen LogP contribution < -0.4 is 5.32 Å². The molecule has 8 nitrogen and oxygen atoms in total. The number of amides is 3. The molecule has 0 bridgehead atoms. The molecule has 3 amide bonds. The number of rotatable bonds is 7. The first-order valence-electron chi connectivity index (χ1n) is 7.51. The lowest BCUT2D eigenvalue weighted by Crippen LogP contribution is -2.33. The standard InChI is InChI=1S/C15H19N2O6P/c1-10(24(21,22)23)16-13(18)8-4-5-9-17-14(19)11-6-2-3-7-12(11)15(17)20/h2-3,6-7,10H,4-5,8-9H2,1H3,(H,16,18)(H2,21,22,23). The van der Waals surface area contributed by atoms with Gasteiger partial charge in [0.25, 0.3) is 11.8 Å². The van der Waals surface area contributed by atoms with Crippen LogP contribution in [0.3, 0.4) is 0 Å². The second-order valence-corrected chi connectivity index (χ2v) is 7.55. The molecule has 1 aliphatic rings. The Balaban J connectivity index is 1.78. The van der Waals surface area contributed by atoms with Crippen molar-refractivity contribution in [2.75, 3.05) is 6.54 Å². The number of hydrogen-bond acceptors (Lipinski definition) is 4. The predicted molar refractivity (Wildman–Crippen MR) is 85.3 cm³/mol. The van der Waals surface area contributed by atoms with Gasteiger partial charge in [-0.25, -0.2) is 0 Å². The van der Waals surface area contributed by atoms with Crippen LogP contribution in [0.15, 0.2) is 24.3 Å². The van der Waals surface area contributed by atoms with E-state index in [1.807, 2.05) is 0 Å². The van der Waals surface area contributed by atoms with Gasteiger partial charge in [0.15, 0.2) is 0 Å². The third-order valence-electron chi connectivity index (χ3n) is 3.79. The smallest absolute Gasteiger partial charge is 0.342 e. The van der Waals surface area contributed by atoms with Crippen LogP contribution in [0.2, 0.25) is 0 Å². The average Bonchev–Trinajstić information content (AvgIpc) is 2.75. The largest absolute Gasteiger partial charge is 0.347 e. The zero-order valence-corrected chi connectivity index (χ0v) is 14.0. The minimum absolute atomic E-state index is 0.0630. The predicted octanol–water partition coefficient (Wildman–Crippen LogP) is 1.09. The van der Waals surface area contributed by atoms with Crippen molar-refractivity contribution in [2.24, 2.45) is 0 Å². The van der Waals surface area contributed by atoms with E-state index < -0.39 is 19.3 Å². The van der Waals surface area contributed by atoms with Crippen molar-refractivity contribution in [3.05, 3.63) is 35.4 Å². The van der Waals surface area contributed by atoms with E-state index in [4.69, 9.17) is 9.79 Å². The van der Waals surface area contributed by atoms with Crippen LogP contribution in [0.4, 0.5) is 0 Å². The van der Waals surface area contributed by atoms with Gasteiger partial charge in [0.2, 0.25) is 5.91 Å². The molecule has 130 valence electrons. The Labute approximate surface area is 139 Å². The highest BCUT2D eigenvalue weighted by Crippen LogP contribution is 2.39. The van der Waals surface area contributed by atoms with Crippen LogP contribution in [0.25, 0.3) is 0 Å². The summed E-state index contributed by atoms with van der Waals surface area (Å²) in [6.45, 7) is 1.44. The molecule has 0 saturated carbocycles. The molecule has 2 rings (SSSR count). The third-order valence-corrected chi connectivity index (χ3v) is 4.93. The molecule has 0 saturated heterocycles. The summed E-state index contributed by atoms with van der Waals surface area (Å²) in [7, 11) is -4.35. The van der Waals surface area contributed by atoms with Crippen molar-refractivity contribution in [1.82, 2.24) is 10.2 Å². The lowest BCUT2D eigenvalue weighted by molar-refractivity contribution is -0.121. The van der Waals surface area contributed by atoms with Crippen molar-refractivity contribution in [3.63, 3.8) is 0 Å². The molecule has 0 radical (unpaired) electrons. The number of nitrogens with zero attached hydrogens (tertiary/aromatic N) is 1. The maximum Gasteiger partial charge on any atom is 0.347 e. The maximum absolute atomic E-state index is 12.1. The van der Waals surface area contributed by atoms with Crippen LogP contribution in [0.5, 0.6) is 0 Å². The Morgan fingerprint density at radius 2 is 1.71 bits per heavy atom. The number of nitrogens with one attached hydrogen (secondary N) is 1. The molecule has 1 atom stereocenters. The van der Waals surface area contributed by atoms with Crippen molar-refractivity contribution in [1.29, 1.82) is 0 Å². The van der Waals surface area contributed by atoms with E-state index in [-0.39, 0.29) is 24.8 Å². The van der Waals surface area contributed by atoms with E-state index >= 15 is 0 Å². The highest BCUT2D eigenvalue weighted by Gasteiger charge is 2.34. The van der Waals surface area contributed by atoms with Gasteiger partial charge in [-0.15, -0.1) is 0 Å². The summed E-state index contributed by atoms with van der Waals surface area (Å²) in [5, 5.41) is 2.23. The topological polar surface area (TPSA) is 124 Å². The van der Waals surface area contributed by atoms with Gasteiger partial charge >= 0.3 is 7.60 Å². The summed E-state index contributed by atoms with van der Waals surface area (Å²) >= 11 is 0. The van der Waals surface area contributed by atoms with Crippen molar-refractivity contribution < 1.29 is 28.7 Å². The highest BCUT2D eigenvalue weighted by atomic mass is 31.2. The zero-order valence-electron chi connectivity index (χ0n) is 13.1. The van der Waals surface area contributed by atoms with Gasteiger partial charge in [-0.3, -0.25) is 23.8 Å². The van der Waals surface area contributed by atoms with Gasteiger partial charge in [0.05, 0.1) is 11.1 Å². The number of benzene rings is 1. The summed E-state index contributed by atoms with van der Waals surface area (Å²) in [6, 6.07) is 6.60. The SMILES string of the molecule is CC(NC(=O)CCCCN1C(=O)c2ccccc2C1=O)P(=O)(O)O. The maximum atomic E-state index is 12.1. The Kier molecular flexibility index (Phi) is 5.54. The molecule has 1 aliphatic heterocycles. The van der Waals surface area contributed by atoms with E-state index in [2.05, 4.69) is 5.32 Å². The van der Waals surface area contributed by atoms with Crippen molar-refractivity contribution >= 4 is 25.3 Å². The quantitative estimate of drug-likeness (QED) is 0.383. The summed E-state index contributed by atoms with van der Waals surface area (Å²) in [5.74, 6) is -2.39. The lowest BCUT2D eigenvalue weighted by atomic mass is 10.1. The average molecular weight is 354 g/mol. The van der Waals surface area contributed by atoms with Crippen LogP contribution in [-0.4, -0.2) is 44.7 Å². The summed E-state index contributed by atoms with van der Waals surface area (Å²) in [6.07, 6.45) is 0.893. The Morgan fingerprint density at radius 3 is 2.21 bits per heavy atom. The van der Waals surface area contributed by atoms with E-state index in [9.17, 15) is 18.9 Å². The normalized spacial score (nSPS) is 15.4. The van der Waals surface area contributed by atoms with E-state index in [0.29, 0.717) is 24.0 Å². The summed E-state index contributed by atoms with van der Waals surface area (Å²) < 4.78 is 10.9. The second-order valence-electron chi connectivity index (χ2n) is 5.60. The lowest BCUT2D eigenvalue weighted by Gasteiger charge is -2.16. The minimum Gasteiger partial charge on any atom is -0.342 e. The molecule has 9 heteroatoms. The van der Waals surface area contributed by atoms with Gasteiger partial charge in [0, 0.05) is 13.0 Å². The monoisotopic (exact) mass is 354 g/mol. The zero-order chi connectivity index (χ0) is 17.9. The first-order chi connectivity index (χ1) is 11.2. The Bertz CT molecular complexity index is 679. The van der Waals surface area contributed by atoms with Crippen LogP contribution >= 0.6 is 7.60 Å². The fraction of sp³-hybridized carbons (Fsp3) is 0.400. The van der Waals surface area contributed by atoms with Gasteiger partial charge < -0.3 is 15.1 Å². The van der Waals surface area contributed by atoms with Crippen LogP contribution in [0, 0.1) is 0 Å². The molecule has 0 aliphatic carbocycles. The van der Waals surface area contributed by atoms with Gasteiger partial charge in [-0.2, -0.15) is 0 Å². The first kappa shape index (κ1) is 18.3. The molecule has 0 aromatic heterocycles. The molecule has 1 heterocycles. The number of fused-ring (bicyclic) bond motifs is 1. The summed E-state index contributed by atoms with van der Waals surface area (Å²) in [4.78, 5) is 54.8. The molecule has 24 heavy (non-hydrogen) atoms. The Hall–Kier alpha value is -2.02. The molecule has 0 fully saturated rings. The van der Waals surface area contributed by atoms with E-state index in [1.165, 1.54) is 6.92 Å². The van der Waals surface area contributed by atoms with Crippen LogP contribution in [0.1, 0.15) is 46.9 Å². The summed E-state index contributed by atoms with van der Waals surface area (Å²) in [5.41, 5.74) is 0.770.